The van der Waals surface area contributed by atoms with Crippen LogP contribution in [0.2, 0.25) is 0 Å². The number of nitrogens with zero attached hydrogens (tertiary/aromatic N) is 1. The fourth-order valence-electron chi connectivity index (χ4n) is 1.88. The standard InChI is InChI=1S/C15H26N4O3S.HI/c1-3-22-11-5-4-10-18-15(17-2)19-12-13-6-8-14(9-7-13)23(16,20)21;/h6-9H,3-5,10-12H2,1-2H3,(H2,16,20,21)(H2,17,18,19);1H. The summed E-state index contributed by atoms with van der Waals surface area (Å²) in [5, 5.41) is 11.5. The SMILES string of the molecule is CCOCCCCNC(=NC)NCc1ccc(S(N)(=O)=O)cc1.I. The summed E-state index contributed by atoms with van der Waals surface area (Å²) in [6.45, 7) is 4.88. The van der Waals surface area contributed by atoms with E-state index in [0.717, 1.165) is 38.2 Å². The van der Waals surface area contributed by atoms with Crippen molar-refractivity contribution in [2.45, 2.75) is 31.2 Å². The molecule has 0 bridgehead atoms. The van der Waals surface area contributed by atoms with Gasteiger partial charge in [-0.3, -0.25) is 4.99 Å². The maximum atomic E-state index is 11.2. The lowest BCUT2D eigenvalue weighted by Gasteiger charge is -2.12. The first-order valence-electron chi connectivity index (χ1n) is 7.61. The summed E-state index contributed by atoms with van der Waals surface area (Å²) in [6, 6.07) is 6.44. The monoisotopic (exact) mass is 470 g/mol. The Hall–Kier alpha value is -0.910. The highest BCUT2D eigenvalue weighted by Crippen LogP contribution is 2.08. The molecule has 1 aromatic rings. The molecule has 24 heavy (non-hydrogen) atoms. The number of hydrogen-bond donors (Lipinski definition) is 3. The second-order valence-electron chi connectivity index (χ2n) is 4.95. The smallest absolute Gasteiger partial charge is 0.238 e. The van der Waals surface area contributed by atoms with Crippen molar-refractivity contribution in [1.82, 2.24) is 10.6 Å². The molecule has 0 atom stereocenters. The second kappa shape index (κ2) is 12.5. The topological polar surface area (TPSA) is 106 Å². The van der Waals surface area contributed by atoms with Crippen LogP contribution in [0.25, 0.3) is 0 Å². The molecular formula is C15H27IN4O3S. The Morgan fingerprint density at radius 2 is 1.88 bits per heavy atom. The molecule has 0 aromatic heterocycles. The molecule has 0 aliphatic rings. The number of rotatable bonds is 9. The van der Waals surface area contributed by atoms with Crippen molar-refractivity contribution in [3.05, 3.63) is 29.8 Å². The van der Waals surface area contributed by atoms with Crippen LogP contribution >= 0.6 is 24.0 Å². The van der Waals surface area contributed by atoms with E-state index in [1.54, 1.807) is 19.2 Å². The van der Waals surface area contributed by atoms with Crippen molar-refractivity contribution >= 4 is 40.0 Å². The van der Waals surface area contributed by atoms with Gasteiger partial charge in [0.15, 0.2) is 5.96 Å². The molecule has 0 radical (unpaired) electrons. The molecule has 0 saturated heterocycles. The molecule has 1 rings (SSSR count). The van der Waals surface area contributed by atoms with Crippen molar-refractivity contribution in [3.63, 3.8) is 0 Å². The molecule has 0 fully saturated rings. The second-order valence-corrected chi connectivity index (χ2v) is 6.51. The van der Waals surface area contributed by atoms with Crippen molar-refractivity contribution < 1.29 is 13.2 Å². The Morgan fingerprint density at radius 1 is 1.21 bits per heavy atom. The highest BCUT2D eigenvalue weighted by Gasteiger charge is 2.06. The molecule has 0 unspecified atom stereocenters. The van der Waals surface area contributed by atoms with E-state index in [2.05, 4.69) is 15.6 Å². The largest absolute Gasteiger partial charge is 0.382 e. The number of nitrogens with one attached hydrogen (secondary N) is 2. The van der Waals surface area contributed by atoms with Crippen LogP contribution in [0, 0.1) is 0 Å². The van der Waals surface area contributed by atoms with Crippen molar-refractivity contribution in [1.29, 1.82) is 0 Å². The number of sulfonamides is 1. The van der Waals surface area contributed by atoms with Crippen LogP contribution in [0.1, 0.15) is 25.3 Å². The molecule has 7 nitrogen and oxygen atoms in total. The van der Waals surface area contributed by atoms with Gasteiger partial charge in [-0.1, -0.05) is 12.1 Å². The zero-order valence-electron chi connectivity index (χ0n) is 14.1. The average molecular weight is 470 g/mol. The van der Waals surface area contributed by atoms with Gasteiger partial charge in [-0.25, -0.2) is 13.6 Å². The van der Waals surface area contributed by atoms with E-state index in [9.17, 15) is 8.42 Å². The zero-order valence-corrected chi connectivity index (χ0v) is 17.3. The first kappa shape index (κ1) is 23.1. The fraction of sp³-hybridized carbons (Fsp3) is 0.533. The summed E-state index contributed by atoms with van der Waals surface area (Å²) in [6.07, 6.45) is 2.01. The minimum atomic E-state index is -3.64. The van der Waals surface area contributed by atoms with Gasteiger partial charge in [0.1, 0.15) is 0 Å². The minimum Gasteiger partial charge on any atom is -0.382 e. The molecular weight excluding hydrogens is 443 g/mol. The van der Waals surface area contributed by atoms with Gasteiger partial charge >= 0.3 is 0 Å². The van der Waals surface area contributed by atoms with Crippen LogP contribution < -0.4 is 15.8 Å². The van der Waals surface area contributed by atoms with E-state index in [1.807, 2.05) is 6.92 Å². The van der Waals surface area contributed by atoms with E-state index >= 15 is 0 Å². The predicted octanol–water partition coefficient (Wildman–Crippen LogP) is 1.43. The Kier molecular flexibility index (Phi) is 12.0. The third kappa shape index (κ3) is 9.40. The number of halogens is 1. The third-order valence-electron chi connectivity index (χ3n) is 3.15. The van der Waals surface area contributed by atoms with E-state index < -0.39 is 10.0 Å². The Labute approximate surface area is 161 Å². The third-order valence-corrected chi connectivity index (χ3v) is 4.08. The quantitative estimate of drug-likeness (QED) is 0.219. The molecule has 0 amide bonds. The van der Waals surface area contributed by atoms with Gasteiger partial charge in [-0.2, -0.15) is 0 Å². The van der Waals surface area contributed by atoms with Gasteiger partial charge < -0.3 is 15.4 Å². The van der Waals surface area contributed by atoms with Crippen molar-refractivity contribution in [2.24, 2.45) is 10.1 Å². The van der Waals surface area contributed by atoms with Gasteiger partial charge in [0, 0.05) is 33.4 Å². The molecule has 9 heteroatoms. The number of hydrogen-bond acceptors (Lipinski definition) is 4. The van der Waals surface area contributed by atoms with Crippen LogP contribution in [-0.2, 0) is 21.3 Å². The maximum absolute atomic E-state index is 11.2. The molecule has 0 aliphatic heterocycles. The Bertz CT molecular complexity index is 591. The van der Waals surface area contributed by atoms with Crippen LogP contribution in [-0.4, -0.2) is 41.2 Å². The summed E-state index contributed by atoms with van der Waals surface area (Å²) >= 11 is 0. The number of primary sulfonamides is 1. The minimum absolute atomic E-state index is 0. The summed E-state index contributed by atoms with van der Waals surface area (Å²) in [4.78, 5) is 4.25. The first-order valence-corrected chi connectivity index (χ1v) is 9.16. The summed E-state index contributed by atoms with van der Waals surface area (Å²) in [7, 11) is -1.94. The normalized spacial score (nSPS) is 11.7. The first-order chi connectivity index (χ1) is 11.0. The van der Waals surface area contributed by atoms with Gasteiger partial charge in [0.2, 0.25) is 10.0 Å². The molecule has 138 valence electrons. The molecule has 0 spiro atoms. The van der Waals surface area contributed by atoms with Crippen LogP contribution in [0.3, 0.4) is 0 Å². The summed E-state index contributed by atoms with van der Waals surface area (Å²) in [5.74, 6) is 0.705. The van der Waals surface area contributed by atoms with E-state index in [-0.39, 0.29) is 28.9 Å². The van der Waals surface area contributed by atoms with E-state index in [0.29, 0.717) is 12.5 Å². The molecule has 0 heterocycles. The van der Waals surface area contributed by atoms with Crippen molar-refractivity contribution in [2.75, 3.05) is 26.8 Å². The van der Waals surface area contributed by atoms with Gasteiger partial charge in [0.25, 0.3) is 0 Å². The zero-order chi connectivity index (χ0) is 17.1. The number of nitrogens with two attached hydrogens (primary N) is 1. The Balaban J connectivity index is 0.00000529. The molecule has 0 saturated carbocycles. The molecule has 0 aliphatic carbocycles. The number of guanidine groups is 1. The maximum Gasteiger partial charge on any atom is 0.238 e. The molecule has 4 N–H and O–H groups in total. The summed E-state index contributed by atoms with van der Waals surface area (Å²) in [5.41, 5.74) is 0.941. The van der Waals surface area contributed by atoms with Gasteiger partial charge in [0.05, 0.1) is 4.90 Å². The van der Waals surface area contributed by atoms with Gasteiger partial charge in [-0.05, 0) is 37.5 Å². The van der Waals surface area contributed by atoms with E-state index in [1.165, 1.54) is 12.1 Å². The lowest BCUT2D eigenvalue weighted by Crippen LogP contribution is -2.37. The number of benzene rings is 1. The number of aliphatic imine (C=N–C) groups is 1. The lowest BCUT2D eigenvalue weighted by atomic mass is 10.2. The highest BCUT2D eigenvalue weighted by atomic mass is 127. The van der Waals surface area contributed by atoms with Crippen LogP contribution in [0.5, 0.6) is 0 Å². The lowest BCUT2D eigenvalue weighted by molar-refractivity contribution is 0.143. The Morgan fingerprint density at radius 3 is 2.42 bits per heavy atom. The fourth-order valence-corrected chi connectivity index (χ4v) is 2.40. The van der Waals surface area contributed by atoms with E-state index in [4.69, 9.17) is 9.88 Å². The van der Waals surface area contributed by atoms with Crippen molar-refractivity contribution in [3.8, 4) is 0 Å². The number of unbranched alkanes of at least 4 members (excludes halogenated alkanes) is 1. The van der Waals surface area contributed by atoms with Crippen LogP contribution in [0.4, 0.5) is 0 Å². The summed E-state index contributed by atoms with van der Waals surface area (Å²) < 4.78 is 27.7. The molecule has 1 aromatic carbocycles. The predicted molar refractivity (Wildman–Crippen MR) is 107 cm³/mol. The van der Waals surface area contributed by atoms with Gasteiger partial charge in [-0.15, -0.1) is 24.0 Å². The van der Waals surface area contributed by atoms with Crippen LogP contribution in [0.15, 0.2) is 34.2 Å². The number of ether oxygens (including phenoxy) is 1. The highest BCUT2D eigenvalue weighted by molar-refractivity contribution is 14.0. The average Bonchev–Trinajstić information content (AvgIpc) is 2.53.